The Labute approximate surface area is 114 Å². The van der Waals surface area contributed by atoms with E-state index < -0.39 is 0 Å². The first kappa shape index (κ1) is 12.2. The molecule has 0 N–H and O–H groups in total. The Balaban J connectivity index is 2.28. The van der Waals surface area contributed by atoms with E-state index in [0.29, 0.717) is 10.6 Å². The van der Waals surface area contributed by atoms with Crippen LogP contribution in [-0.4, -0.2) is 0 Å². The number of nitriles is 1. The monoisotopic (exact) mass is 305 g/mol. The van der Waals surface area contributed by atoms with Crippen molar-refractivity contribution in [1.29, 1.82) is 5.26 Å². The van der Waals surface area contributed by atoms with Gasteiger partial charge in [-0.15, -0.1) is 0 Å². The van der Waals surface area contributed by atoms with Crippen molar-refractivity contribution >= 4 is 27.5 Å². The van der Waals surface area contributed by atoms with E-state index in [0.717, 1.165) is 22.0 Å². The summed E-state index contributed by atoms with van der Waals surface area (Å²) in [6.45, 7) is 0. The number of halogens is 2. The van der Waals surface area contributed by atoms with E-state index in [2.05, 4.69) is 22.0 Å². The summed E-state index contributed by atoms with van der Waals surface area (Å²) in [6, 6.07) is 15.5. The maximum atomic E-state index is 8.84. The molecular weight excluding hydrogens is 298 g/mol. The Hall–Kier alpha value is -1.30. The smallest absolute Gasteiger partial charge is 0.0991 e. The molecule has 0 aliphatic rings. The van der Waals surface area contributed by atoms with Crippen LogP contribution in [0.2, 0.25) is 5.02 Å². The maximum Gasteiger partial charge on any atom is 0.0991 e. The molecule has 0 atom stereocenters. The lowest BCUT2D eigenvalue weighted by Gasteiger charge is -2.05. The van der Waals surface area contributed by atoms with Crippen LogP contribution in [0.4, 0.5) is 0 Å². The van der Waals surface area contributed by atoms with E-state index in [1.54, 1.807) is 6.07 Å². The molecule has 3 heteroatoms. The van der Waals surface area contributed by atoms with Crippen LogP contribution in [0.1, 0.15) is 16.7 Å². The standard InChI is InChI=1S/C14H9BrClN/c15-14-8-13(16)5-4-12(14)7-10-2-1-3-11(6-10)9-17/h1-6,8H,7H2. The van der Waals surface area contributed by atoms with Crippen LogP contribution in [0, 0.1) is 11.3 Å². The largest absolute Gasteiger partial charge is 0.192 e. The number of hydrogen-bond donors (Lipinski definition) is 0. The Morgan fingerprint density at radius 1 is 1.18 bits per heavy atom. The van der Waals surface area contributed by atoms with Crippen LogP contribution in [0.15, 0.2) is 46.9 Å². The summed E-state index contributed by atoms with van der Waals surface area (Å²) in [5.74, 6) is 0. The Morgan fingerprint density at radius 3 is 2.71 bits per heavy atom. The van der Waals surface area contributed by atoms with Crippen molar-refractivity contribution in [1.82, 2.24) is 0 Å². The van der Waals surface area contributed by atoms with Gasteiger partial charge >= 0.3 is 0 Å². The summed E-state index contributed by atoms with van der Waals surface area (Å²) in [6.07, 6.45) is 0.785. The van der Waals surface area contributed by atoms with Gasteiger partial charge in [0.15, 0.2) is 0 Å². The van der Waals surface area contributed by atoms with E-state index in [4.69, 9.17) is 16.9 Å². The van der Waals surface area contributed by atoms with Gasteiger partial charge in [0.25, 0.3) is 0 Å². The summed E-state index contributed by atoms with van der Waals surface area (Å²) >= 11 is 9.39. The molecule has 0 radical (unpaired) electrons. The highest BCUT2D eigenvalue weighted by atomic mass is 79.9. The lowest BCUT2D eigenvalue weighted by Crippen LogP contribution is -1.90. The second kappa shape index (κ2) is 5.35. The van der Waals surface area contributed by atoms with Crippen molar-refractivity contribution in [3.8, 4) is 6.07 Å². The molecule has 0 heterocycles. The molecule has 0 fully saturated rings. The van der Waals surface area contributed by atoms with Crippen LogP contribution < -0.4 is 0 Å². The van der Waals surface area contributed by atoms with Crippen molar-refractivity contribution in [2.75, 3.05) is 0 Å². The highest BCUT2D eigenvalue weighted by Gasteiger charge is 2.03. The molecule has 1 nitrogen and oxygen atoms in total. The van der Waals surface area contributed by atoms with Crippen LogP contribution >= 0.6 is 27.5 Å². The van der Waals surface area contributed by atoms with Crippen molar-refractivity contribution < 1.29 is 0 Å². The predicted molar refractivity (Wildman–Crippen MR) is 73.1 cm³/mol. The molecule has 0 spiro atoms. The van der Waals surface area contributed by atoms with Crippen molar-refractivity contribution in [2.24, 2.45) is 0 Å². The third-order valence-electron chi connectivity index (χ3n) is 2.47. The van der Waals surface area contributed by atoms with Gasteiger partial charge in [-0.1, -0.05) is 45.7 Å². The van der Waals surface area contributed by atoms with Gasteiger partial charge in [0.2, 0.25) is 0 Å². The van der Waals surface area contributed by atoms with Crippen LogP contribution in [-0.2, 0) is 6.42 Å². The van der Waals surface area contributed by atoms with Gasteiger partial charge in [0, 0.05) is 9.50 Å². The van der Waals surface area contributed by atoms with Gasteiger partial charge in [0.1, 0.15) is 0 Å². The van der Waals surface area contributed by atoms with Crippen LogP contribution in [0.3, 0.4) is 0 Å². The third-order valence-corrected chi connectivity index (χ3v) is 3.44. The first-order valence-corrected chi connectivity index (χ1v) is 6.29. The van der Waals surface area contributed by atoms with Gasteiger partial charge in [-0.25, -0.2) is 0 Å². The van der Waals surface area contributed by atoms with E-state index in [-0.39, 0.29) is 0 Å². The molecule has 17 heavy (non-hydrogen) atoms. The summed E-state index contributed by atoms with van der Waals surface area (Å²) in [5, 5.41) is 9.56. The normalized spacial score (nSPS) is 9.94. The SMILES string of the molecule is N#Cc1cccc(Cc2ccc(Cl)cc2Br)c1. The minimum Gasteiger partial charge on any atom is -0.192 e. The zero-order chi connectivity index (χ0) is 12.3. The average molecular weight is 307 g/mol. The van der Waals surface area contributed by atoms with Gasteiger partial charge < -0.3 is 0 Å². The second-order valence-corrected chi connectivity index (χ2v) is 5.02. The van der Waals surface area contributed by atoms with Gasteiger partial charge in [-0.2, -0.15) is 5.26 Å². The lowest BCUT2D eigenvalue weighted by molar-refractivity contribution is 1.17. The molecule has 0 unspecified atom stereocenters. The number of rotatable bonds is 2. The molecule has 2 aromatic carbocycles. The molecule has 0 saturated heterocycles. The minimum atomic E-state index is 0.688. The Kier molecular flexibility index (Phi) is 3.83. The van der Waals surface area contributed by atoms with E-state index in [1.807, 2.05) is 36.4 Å². The molecule has 0 bridgehead atoms. The second-order valence-electron chi connectivity index (χ2n) is 3.72. The summed E-state index contributed by atoms with van der Waals surface area (Å²) in [4.78, 5) is 0. The first-order valence-electron chi connectivity index (χ1n) is 5.12. The lowest BCUT2D eigenvalue weighted by atomic mass is 10.0. The number of hydrogen-bond acceptors (Lipinski definition) is 1. The minimum absolute atomic E-state index is 0.688. The summed E-state index contributed by atoms with van der Waals surface area (Å²) in [5.41, 5.74) is 2.96. The maximum absolute atomic E-state index is 8.84. The fourth-order valence-corrected chi connectivity index (χ4v) is 2.46. The zero-order valence-electron chi connectivity index (χ0n) is 8.95. The average Bonchev–Trinajstić information content (AvgIpc) is 2.33. The quantitative estimate of drug-likeness (QED) is 0.797. The molecule has 2 aromatic rings. The molecule has 2 rings (SSSR count). The fraction of sp³-hybridized carbons (Fsp3) is 0.0714. The molecular formula is C14H9BrClN. The molecule has 0 aromatic heterocycles. The van der Waals surface area contributed by atoms with Crippen LogP contribution in [0.5, 0.6) is 0 Å². The highest BCUT2D eigenvalue weighted by molar-refractivity contribution is 9.10. The van der Waals surface area contributed by atoms with E-state index in [1.165, 1.54) is 0 Å². The number of benzene rings is 2. The molecule has 0 amide bonds. The number of nitrogens with zero attached hydrogens (tertiary/aromatic N) is 1. The van der Waals surface area contributed by atoms with Gasteiger partial charge in [-0.05, 0) is 41.8 Å². The molecule has 84 valence electrons. The van der Waals surface area contributed by atoms with Crippen molar-refractivity contribution in [3.63, 3.8) is 0 Å². The third kappa shape index (κ3) is 3.09. The predicted octanol–water partition coefficient (Wildman–Crippen LogP) is 4.56. The zero-order valence-corrected chi connectivity index (χ0v) is 11.3. The van der Waals surface area contributed by atoms with Crippen LogP contribution in [0.25, 0.3) is 0 Å². The molecule has 0 aliphatic carbocycles. The summed E-state index contributed by atoms with van der Waals surface area (Å²) < 4.78 is 0.993. The van der Waals surface area contributed by atoms with Gasteiger partial charge in [0.05, 0.1) is 11.6 Å². The topological polar surface area (TPSA) is 23.8 Å². The fourth-order valence-electron chi connectivity index (χ4n) is 1.64. The van der Waals surface area contributed by atoms with Gasteiger partial charge in [-0.3, -0.25) is 0 Å². The summed E-state index contributed by atoms with van der Waals surface area (Å²) in [7, 11) is 0. The van der Waals surface area contributed by atoms with Crippen molar-refractivity contribution in [3.05, 3.63) is 68.7 Å². The molecule has 0 saturated carbocycles. The Bertz CT molecular complexity index is 587. The van der Waals surface area contributed by atoms with E-state index >= 15 is 0 Å². The van der Waals surface area contributed by atoms with E-state index in [9.17, 15) is 0 Å². The highest BCUT2D eigenvalue weighted by Crippen LogP contribution is 2.24. The van der Waals surface area contributed by atoms with Crippen molar-refractivity contribution in [2.45, 2.75) is 6.42 Å². The Morgan fingerprint density at radius 2 is 2.00 bits per heavy atom. The first-order chi connectivity index (χ1) is 8.19. The molecule has 0 aliphatic heterocycles.